The molecule has 0 N–H and O–H groups in total. The molecule has 0 saturated carbocycles. The molecule has 1 unspecified atom stereocenters. The van der Waals surface area contributed by atoms with Crippen molar-refractivity contribution in [3.8, 4) is 0 Å². The number of hydrogen-bond donors (Lipinski definition) is 0. The minimum atomic E-state index is -0.535. The maximum absolute atomic E-state index is 6.19. The summed E-state index contributed by atoms with van der Waals surface area (Å²) in [6.45, 7) is 8.60. The first kappa shape index (κ1) is 15.7. The van der Waals surface area contributed by atoms with Crippen LogP contribution in [0.5, 0.6) is 0 Å². The topological polar surface area (TPSA) is 35.0 Å². The molecule has 1 heterocycles. The van der Waals surface area contributed by atoms with Crippen LogP contribution >= 0.6 is 23.2 Å². The Morgan fingerprint density at radius 3 is 2.06 bits per heavy atom. The molecule has 0 bridgehead atoms. The Kier molecular flexibility index (Phi) is 5.83. The first-order chi connectivity index (χ1) is 8.48. The van der Waals surface area contributed by atoms with Crippen LogP contribution in [0.3, 0.4) is 0 Å². The molecule has 0 amide bonds. The minimum Gasteiger partial charge on any atom is -0.368 e. The third kappa shape index (κ3) is 3.34. The van der Waals surface area contributed by atoms with Crippen molar-refractivity contribution in [2.75, 3.05) is 6.61 Å². The van der Waals surface area contributed by atoms with Gasteiger partial charge in [0.25, 0.3) is 0 Å². The van der Waals surface area contributed by atoms with Crippen molar-refractivity contribution in [2.45, 2.75) is 52.6 Å². The number of nitrogens with zero attached hydrogens (tertiary/aromatic N) is 2. The standard InChI is InChI=1S/C13H20Cl2N2O/c1-5-8-9-10(14)16-12(17-11(9)15)13(4,6-2)18-7-3/h5-8H2,1-4H3. The van der Waals surface area contributed by atoms with E-state index in [1.807, 2.05) is 20.8 Å². The summed E-state index contributed by atoms with van der Waals surface area (Å²) in [6.07, 6.45) is 2.51. The van der Waals surface area contributed by atoms with Gasteiger partial charge in [-0.1, -0.05) is 43.5 Å². The molecule has 0 spiro atoms. The second kappa shape index (κ2) is 6.69. The zero-order chi connectivity index (χ0) is 13.8. The van der Waals surface area contributed by atoms with Crippen LogP contribution in [0.2, 0.25) is 10.3 Å². The summed E-state index contributed by atoms with van der Waals surface area (Å²) in [5.41, 5.74) is 0.284. The summed E-state index contributed by atoms with van der Waals surface area (Å²) < 4.78 is 5.73. The third-order valence-electron chi connectivity index (χ3n) is 3.02. The molecule has 102 valence electrons. The van der Waals surface area contributed by atoms with Crippen molar-refractivity contribution in [2.24, 2.45) is 0 Å². The summed E-state index contributed by atoms with van der Waals surface area (Å²) in [6, 6.07) is 0. The highest BCUT2D eigenvalue weighted by Crippen LogP contribution is 2.30. The van der Waals surface area contributed by atoms with E-state index in [1.54, 1.807) is 0 Å². The smallest absolute Gasteiger partial charge is 0.163 e. The fourth-order valence-corrected chi connectivity index (χ4v) is 2.34. The van der Waals surface area contributed by atoms with Crippen LogP contribution in [0.25, 0.3) is 0 Å². The molecule has 0 aromatic carbocycles. The van der Waals surface area contributed by atoms with Crippen molar-refractivity contribution >= 4 is 23.2 Å². The lowest BCUT2D eigenvalue weighted by Crippen LogP contribution is -2.28. The van der Waals surface area contributed by atoms with Gasteiger partial charge in [0.2, 0.25) is 0 Å². The van der Waals surface area contributed by atoms with Gasteiger partial charge in [-0.15, -0.1) is 0 Å². The minimum absolute atomic E-state index is 0.436. The summed E-state index contributed by atoms with van der Waals surface area (Å²) in [7, 11) is 0. The van der Waals surface area contributed by atoms with E-state index in [4.69, 9.17) is 27.9 Å². The van der Waals surface area contributed by atoms with E-state index in [2.05, 4.69) is 16.9 Å². The molecular formula is C13H20Cl2N2O. The van der Waals surface area contributed by atoms with Crippen LogP contribution in [0.15, 0.2) is 0 Å². The van der Waals surface area contributed by atoms with Crippen LogP contribution in [-0.2, 0) is 16.8 Å². The van der Waals surface area contributed by atoms with Gasteiger partial charge in [-0.2, -0.15) is 0 Å². The number of halogens is 2. The van der Waals surface area contributed by atoms with Crippen LogP contribution < -0.4 is 0 Å². The fraction of sp³-hybridized carbons (Fsp3) is 0.692. The molecule has 18 heavy (non-hydrogen) atoms. The average Bonchev–Trinajstić information content (AvgIpc) is 2.33. The predicted octanol–water partition coefficient (Wildman–Crippen LogP) is 4.40. The Morgan fingerprint density at radius 2 is 1.67 bits per heavy atom. The van der Waals surface area contributed by atoms with E-state index < -0.39 is 5.60 Å². The molecule has 0 aliphatic rings. The maximum Gasteiger partial charge on any atom is 0.163 e. The molecule has 0 saturated heterocycles. The molecule has 1 atom stereocenters. The number of hydrogen-bond acceptors (Lipinski definition) is 3. The highest BCUT2D eigenvalue weighted by Gasteiger charge is 2.30. The van der Waals surface area contributed by atoms with Gasteiger partial charge in [0.05, 0.1) is 0 Å². The fourth-order valence-electron chi connectivity index (χ4n) is 1.77. The summed E-state index contributed by atoms with van der Waals surface area (Å²) in [4.78, 5) is 8.72. The van der Waals surface area contributed by atoms with Gasteiger partial charge in [-0.05, 0) is 26.7 Å². The lowest BCUT2D eigenvalue weighted by Gasteiger charge is -2.27. The molecule has 5 heteroatoms. The van der Waals surface area contributed by atoms with Crippen molar-refractivity contribution in [3.63, 3.8) is 0 Å². The number of rotatable bonds is 6. The highest BCUT2D eigenvalue weighted by molar-refractivity contribution is 6.34. The van der Waals surface area contributed by atoms with Crippen molar-refractivity contribution in [1.82, 2.24) is 9.97 Å². The lowest BCUT2D eigenvalue weighted by molar-refractivity contribution is -0.0390. The van der Waals surface area contributed by atoms with E-state index in [1.165, 1.54) is 0 Å². The third-order valence-corrected chi connectivity index (χ3v) is 3.64. The Balaban J connectivity index is 3.19. The Morgan fingerprint density at radius 1 is 1.11 bits per heavy atom. The van der Waals surface area contributed by atoms with Crippen LogP contribution in [0.4, 0.5) is 0 Å². The Labute approximate surface area is 119 Å². The van der Waals surface area contributed by atoms with Crippen LogP contribution in [0, 0.1) is 0 Å². The van der Waals surface area contributed by atoms with Gasteiger partial charge in [0, 0.05) is 12.2 Å². The molecule has 3 nitrogen and oxygen atoms in total. The van der Waals surface area contributed by atoms with Gasteiger partial charge in [-0.3, -0.25) is 0 Å². The van der Waals surface area contributed by atoms with E-state index in [-0.39, 0.29) is 0 Å². The summed E-state index contributed by atoms with van der Waals surface area (Å²) in [5, 5.41) is 0.873. The largest absolute Gasteiger partial charge is 0.368 e. The van der Waals surface area contributed by atoms with Crippen molar-refractivity contribution < 1.29 is 4.74 Å². The first-order valence-electron chi connectivity index (χ1n) is 6.34. The molecule has 0 radical (unpaired) electrons. The molecule has 0 aliphatic heterocycles. The van der Waals surface area contributed by atoms with Gasteiger partial charge < -0.3 is 4.74 Å². The maximum atomic E-state index is 6.19. The van der Waals surface area contributed by atoms with E-state index >= 15 is 0 Å². The molecular weight excluding hydrogens is 271 g/mol. The van der Waals surface area contributed by atoms with Gasteiger partial charge in [0.1, 0.15) is 15.9 Å². The lowest BCUT2D eigenvalue weighted by atomic mass is 10.0. The SMILES string of the molecule is CCCc1c(Cl)nc(C(C)(CC)OCC)nc1Cl. The molecule has 0 fully saturated rings. The first-order valence-corrected chi connectivity index (χ1v) is 7.10. The van der Waals surface area contributed by atoms with Crippen molar-refractivity contribution in [3.05, 3.63) is 21.7 Å². The van der Waals surface area contributed by atoms with E-state index in [9.17, 15) is 0 Å². The van der Waals surface area contributed by atoms with Crippen LogP contribution in [-0.4, -0.2) is 16.6 Å². The van der Waals surface area contributed by atoms with Crippen LogP contribution in [0.1, 0.15) is 51.9 Å². The van der Waals surface area contributed by atoms with Crippen molar-refractivity contribution in [1.29, 1.82) is 0 Å². The second-order valence-corrected chi connectivity index (χ2v) is 5.09. The van der Waals surface area contributed by atoms with Gasteiger partial charge in [0.15, 0.2) is 5.82 Å². The normalized spacial score (nSPS) is 14.6. The van der Waals surface area contributed by atoms with E-state index in [0.717, 1.165) is 24.8 Å². The highest BCUT2D eigenvalue weighted by atomic mass is 35.5. The number of aromatic nitrogens is 2. The van der Waals surface area contributed by atoms with Gasteiger partial charge in [-0.25, -0.2) is 9.97 Å². The predicted molar refractivity (Wildman–Crippen MR) is 75.3 cm³/mol. The molecule has 1 rings (SSSR count). The molecule has 1 aromatic heterocycles. The Hall–Kier alpha value is -0.380. The summed E-state index contributed by atoms with van der Waals surface area (Å²) >= 11 is 12.4. The monoisotopic (exact) mass is 290 g/mol. The zero-order valence-corrected chi connectivity index (χ0v) is 12.9. The average molecular weight is 291 g/mol. The zero-order valence-electron chi connectivity index (χ0n) is 11.4. The second-order valence-electron chi connectivity index (χ2n) is 4.37. The molecule has 0 aliphatic carbocycles. The van der Waals surface area contributed by atoms with E-state index in [0.29, 0.717) is 22.7 Å². The van der Waals surface area contributed by atoms with Gasteiger partial charge >= 0.3 is 0 Å². The summed E-state index contributed by atoms with van der Waals surface area (Å²) in [5.74, 6) is 0.557. The quantitative estimate of drug-likeness (QED) is 0.729. The Bertz CT molecular complexity index is 389. The molecule has 1 aromatic rings. The number of ether oxygens (including phenoxy) is 1.